The molecule has 1 N–H and O–H groups in total. The molecule has 0 aromatic rings. The third-order valence-electron chi connectivity index (χ3n) is 4.74. The summed E-state index contributed by atoms with van der Waals surface area (Å²) >= 11 is 0. The van der Waals surface area contributed by atoms with Crippen molar-refractivity contribution in [3.05, 3.63) is 0 Å². The second-order valence-corrected chi connectivity index (χ2v) is 6.25. The predicted octanol–water partition coefficient (Wildman–Crippen LogP) is 1.17. The van der Waals surface area contributed by atoms with Gasteiger partial charge in [0.1, 0.15) is 0 Å². The van der Waals surface area contributed by atoms with Crippen LogP contribution in [0.3, 0.4) is 0 Å². The number of aliphatic imine (C=N–C) groups is 1. The minimum Gasteiger partial charge on any atom is -0.356 e. The molecule has 1 atom stereocenters. The van der Waals surface area contributed by atoms with E-state index in [4.69, 9.17) is 0 Å². The summed E-state index contributed by atoms with van der Waals surface area (Å²) in [6, 6.07) is -0.0447. The van der Waals surface area contributed by atoms with E-state index in [0.29, 0.717) is 13.0 Å². The monoisotopic (exact) mass is 455 g/mol. The highest BCUT2D eigenvalue weighted by atomic mass is 127. The zero-order chi connectivity index (χ0) is 16.7. The number of guanidine groups is 1. The minimum absolute atomic E-state index is 0. The Labute approximate surface area is 161 Å². The fraction of sp³-hybridized carbons (Fsp3) is 0.875. The Morgan fingerprint density at radius 2 is 1.75 bits per heavy atom. The lowest BCUT2D eigenvalue weighted by Crippen LogP contribution is -2.57. The molecule has 0 aromatic heterocycles. The second-order valence-electron chi connectivity index (χ2n) is 6.25. The summed E-state index contributed by atoms with van der Waals surface area (Å²) < 4.78 is 12.2. The van der Waals surface area contributed by atoms with E-state index >= 15 is 0 Å². The first-order valence-corrected chi connectivity index (χ1v) is 8.71. The Morgan fingerprint density at radius 1 is 1.12 bits per heavy atom. The van der Waals surface area contributed by atoms with Crippen LogP contribution in [0, 0.1) is 0 Å². The molecule has 1 amide bonds. The van der Waals surface area contributed by atoms with Crippen LogP contribution >= 0.6 is 24.0 Å². The average molecular weight is 455 g/mol. The molecule has 1 unspecified atom stereocenters. The molecule has 0 bridgehead atoms. The van der Waals surface area contributed by atoms with Crippen molar-refractivity contribution in [2.45, 2.75) is 32.2 Å². The van der Waals surface area contributed by atoms with Gasteiger partial charge in [-0.1, -0.05) is 0 Å². The van der Waals surface area contributed by atoms with E-state index in [-0.39, 0.29) is 42.6 Å². The molecule has 0 aromatic carbocycles. The van der Waals surface area contributed by atoms with Crippen LogP contribution in [0.25, 0.3) is 0 Å². The number of alkyl halides is 1. The van der Waals surface area contributed by atoms with Gasteiger partial charge in [-0.3, -0.25) is 19.1 Å². The molecule has 6 nitrogen and oxygen atoms in total. The molecule has 0 saturated carbocycles. The predicted molar refractivity (Wildman–Crippen MR) is 106 cm³/mol. The number of halogens is 2. The number of carbonyl (C=O) groups excluding carboxylic acids is 1. The number of hydrogen-bond acceptors (Lipinski definition) is 3. The minimum atomic E-state index is -0.312. The first-order chi connectivity index (χ1) is 11.2. The normalized spacial score (nSPS) is 20.7. The number of likely N-dealkylation sites (tertiary alicyclic amines) is 1. The van der Waals surface area contributed by atoms with Gasteiger partial charge in [0.15, 0.2) is 5.96 Å². The Hall–Kier alpha value is -0.640. The molecule has 2 aliphatic heterocycles. The summed E-state index contributed by atoms with van der Waals surface area (Å²) in [4.78, 5) is 23.2. The second kappa shape index (κ2) is 11.1. The summed E-state index contributed by atoms with van der Waals surface area (Å²) in [5.74, 6) is 1.10. The van der Waals surface area contributed by atoms with Crippen LogP contribution in [-0.4, -0.2) is 92.1 Å². The van der Waals surface area contributed by atoms with Gasteiger partial charge in [-0.2, -0.15) is 0 Å². The molecule has 2 saturated heterocycles. The van der Waals surface area contributed by atoms with Gasteiger partial charge >= 0.3 is 0 Å². The topological polar surface area (TPSA) is 51.2 Å². The zero-order valence-electron chi connectivity index (χ0n) is 14.8. The molecule has 0 aliphatic carbocycles. The lowest BCUT2D eigenvalue weighted by atomic mass is 10.2. The molecular formula is C16H31FIN5O. The van der Waals surface area contributed by atoms with Gasteiger partial charge in [0, 0.05) is 52.9 Å². The fourth-order valence-corrected chi connectivity index (χ4v) is 3.28. The Bertz CT molecular complexity index is 409. The number of hydrogen-bond donors (Lipinski definition) is 1. The first kappa shape index (κ1) is 21.4. The summed E-state index contributed by atoms with van der Waals surface area (Å²) in [5.41, 5.74) is 0. The van der Waals surface area contributed by atoms with Gasteiger partial charge in [0.25, 0.3) is 0 Å². The molecular weight excluding hydrogens is 424 g/mol. The van der Waals surface area contributed by atoms with Crippen molar-refractivity contribution in [3.8, 4) is 0 Å². The van der Waals surface area contributed by atoms with Crippen molar-refractivity contribution >= 4 is 35.8 Å². The SMILES string of the molecule is CN=C(NCCCF)N1CCN(C(C)C(=O)N2CCCC2)CC1.I. The molecule has 2 fully saturated rings. The number of piperazine rings is 1. The van der Waals surface area contributed by atoms with Gasteiger partial charge in [-0.05, 0) is 26.2 Å². The number of rotatable bonds is 5. The van der Waals surface area contributed by atoms with E-state index in [1.54, 1.807) is 7.05 Å². The summed E-state index contributed by atoms with van der Waals surface area (Å²) in [7, 11) is 1.75. The summed E-state index contributed by atoms with van der Waals surface area (Å²) in [6.45, 7) is 7.52. The van der Waals surface area contributed by atoms with Crippen LogP contribution in [0.5, 0.6) is 0 Å². The van der Waals surface area contributed by atoms with Crippen molar-refractivity contribution in [1.29, 1.82) is 0 Å². The van der Waals surface area contributed by atoms with Crippen LogP contribution < -0.4 is 5.32 Å². The van der Waals surface area contributed by atoms with Crippen molar-refractivity contribution < 1.29 is 9.18 Å². The lowest BCUT2D eigenvalue weighted by Gasteiger charge is -2.39. The quantitative estimate of drug-likeness (QED) is 0.293. The van der Waals surface area contributed by atoms with Gasteiger partial charge in [0.2, 0.25) is 5.91 Å². The summed E-state index contributed by atoms with van der Waals surface area (Å²) in [5, 5.41) is 3.19. The van der Waals surface area contributed by atoms with Crippen molar-refractivity contribution in [2.24, 2.45) is 4.99 Å². The fourth-order valence-electron chi connectivity index (χ4n) is 3.28. The first-order valence-electron chi connectivity index (χ1n) is 8.71. The Balaban J connectivity index is 0.00000288. The maximum absolute atomic E-state index is 12.5. The highest BCUT2D eigenvalue weighted by molar-refractivity contribution is 14.0. The van der Waals surface area contributed by atoms with Crippen LogP contribution in [0.15, 0.2) is 4.99 Å². The van der Waals surface area contributed by atoms with Gasteiger partial charge in [-0.15, -0.1) is 24.0 Å². The molecule has 2 heterocycles. The van der Waals surface area contributed by atoms with Gasteiger partial charge in [0.05, 0.1) is 12.7 Å². The largest absolute Gasteiger partial charge is 0.356 e. The van der Waals surface area contributed by atoms with Crippen LogP contribution in [0.1, 0.15) is 26.2 Å². The Morgan fingerprint density at radius 3 is 2.29 bits per heavy atom. The van der Waals surface area contributed by atoms with Crippen molar-refractivity contribution in [3.63, 3.8) is 0 Å². The number of nitrogens with one attached hydrogen (secondary N) is 1. The third-order valence-corrected chi connectivity index (χ3v) is 4.74. The van der Waals surface area contributed by atoms with Crippen LogP contribution in [0.2, 0.25) is 0 Å². The number of carbonyl (C=O) groups is 1. The molecule has 140 valence electrons. The molecule has 8 heteroatoms. The smallest absolute Gasteiger partial charge is 0.239 e. The maximum atomic E-state index is 12.5. The Kier molecular flexibility index (Phi) is 9.87. The van der Waals surface area contributed by atoms with Crippen molar-refractivity contribution in [2.75, 3.05) is 59.5 Å². The molecule has 2 rings (SSSR count). The maximum Gasteiger partial charge on any atom is 0.239 e. The molecule has 0 spiro atoms. The van der Waals surface area contributed by atoms with E-state index in [9.17, 15) is 9.18 Å². The molecule has 24 heavy (non-hydrogen) atoms. The lowest BCUT2D eigenvalue weighted by molar-refractivity contribution is -0.135. The van der Waals surface area contributed by atoms with E-state index in [1.165, 1.54) is 0 Å². The van der Waals surface area contributed by atoms with Crippen LogP contribution in [0.4, 0.5) is 4.39 Å². The zero-order valence-corrected chi connectivity index (χ0v) is 17.2. The molecule has 0 radical (unpaired) electrons. The van der Waals surface area contributed by atoms with Crippen molar-refractivity contribution in [1.82, 2.24) is 20.0 Å². The van der Waals surface area contributed by atoms with E-state index in [0.717, 1.165) is 58.1 Å². The number of nitrogens with zero attached hydrogens (tertiary/aromatic N) is 4. The summed E-state index contributed by atoms with van der Waals surface area (Å²) in [6.07, 6.45) is 2.76. The van der Waals surface area contributed by atoms with Crippen LogP contribution in [-0.2, 0) is 4.79 Å². The van der Waals surface area contributed by atoms with Gasteiger partial charge < -0.3 is 15.1 Å². The highest BCUT2D eigenvalue weighted by Crippen LogP contribution is 2.14. The van der Waals surface area contributed by atoms with E-state index in [2.05, 4.69) is 20.1 Å². The standard InChI is InChI=1S/C16H30FN5O.HI/c1-14(15(23)21-8-3-4-9-21)20-10-12-22(13-11-20)16(18-2)19-7-5-6-17;/h14H,3-13H2,1-2H3,(H,18,19);1H. The average Bonchev–Trinajstić information content (AvgIpc) is 3.12. The highest BCUT2D eigenvalue weighted by Gasteiger charge is 2.30. The number of amides is 1. The molecule has 2 aliphatic rings. The third kappa shape index (κ3) is 5.72. The van der Waals surface area contributed by atoms with E-state index < -0.39 is 0 Å². The van der Waals surface area contributed by atoms with E-state index in [1.807, 2.05) is 11.8 Å². The van der Waals surface area contributed by atoms with Gasteiger partial charge in [-0.25, -0.2) is 0 Å².